The van der Waals surface area contributed by atoms with E-state index in [1.807, 2.05) is 59.2 Å². The Morgan fingerprint density at radius 2 is 1.55 bits per heavy atom. The minimum atomic E-state index is -0.582. The first-order valence-corrected chi connectivity index (χ1v) is 10.6. The van der Waals surface area contributed by atoms with Crippen molar-refractivity contribution < 1.29 is 19.1 Å². The molecule has 0 aliphatic heterocycles. The highest BCUT2D eigenvalue weighted by atomic mass is 16.6. The summed E-state index contributed by atoms with van der Waals surface area (Å²) >= 11 is 0. The second kappa shape index (κ2) is 10.5. The van der Waals surface area contributed by atoms with Crippen LogP contribution in [-0.4, -0.2) is 36.9 Å². The number of ether oxygens (including phenoxy) is 2. The van der Waals surface area contributed by atoms with Crippen LogP contribution >= 0.6 is 0 Å². The van der Waals surface area contributed by atoms with Crippen molar-refractivity contribution in [2.75, 3.05) is 31.0 Å². The van der Waals surface area contributed by atoms with Crippen LogP contribution in [0.25, 0.3) is 22.2 Å². The number of carbonyl (C=O) groups excluding carboxylic acids is 2. The van der Waals surface area contributed by atoms with Crippen LogP contribution in [0.4, 0.5) is 16.2 Å². The van der Waals surface area contributed by atoms with Gasteiger partial charge in [-0.1, -0.05) is 54.6 Å². The highest BCUT2D eigenvalue weighted by Gasteiger charge is 2.14. The molecule has 2 N–H and O–H groups in total. The normalized spacial score (nSPS) is 10.7. The van der Waals surface area contributed by atoms with Crippen molar-refractivity contribution in [2.24, 2.45) is 0 Å². The molecule has 1 aromatic heterocycles. The number of nitrogens with one attached hydrogen (secondary N) is 2. The van der Waals surface area contributed by atoms with Crippen molar-refractivity contribution >= 4 is 34.3 Å². The van der Waals surface area contributed by atoms with Gasteiger partial charge in [-0.2, -0.15) is 0 Å². The molecule has 2 amide bonds. The van der Waals surface area contributed by atoms with Gasteiger partial charge in [0.05, 0.1) is 6.61 Å². The minimum absolute atomic E-state index is 0.147. The summed E-state index contributed by atoms with van der Waals surface area (Å²) in [5.74, 6) is -0.173. The fourth-order valence-electron chi connectivity index (χ4n) is 3.62. The average Bonchev–Trinajstić information content (AvgIpc) is 3.18. The molecule has 33 heavy (non-hydrogen) atoms. The Morgan fingerprint density at radius 1 is 0.818 bits per heavy atom. The summed E-state index contributed by atoms with van der Waals surface area (Å²) in [7, 11) is 1.53. The predicted molar refractivity (Wildman–Crippen MR) is 129 cm³/mol. The summed E-state index contributed by atoms with van der Waals surface area (Å²) < 4.78 is 11.9. The first-order chi connectivity index (χ1) is 16.1. The van der Waals surface area contributed by atoms with E-state index in [4.69, 9.17) is 9.47 Å². The molecule has 0 aliphatic rings. The number of benzene rings is 3. The van der Waals surface area contributed by atoms with Crippen molar-refractivity contribution in [1.82, 2.24) is 4.57 Å². The maximum atomic E-state index is 13.0. The van der Waals surface area contributed by atoms with Gasteiger partial charge in [0.2, 0.25) is 5.91 Å². The minimum Gasteiger partial charge on any atom is -0.447 e. The van der Waals surface area contributed by atoms with Crippen LogP contribution in [0.2, 0.25) is 0 Å². The molecule has 0 radical (unpaired) electrons. The average molecular weight is 444 g/mol. The van der Waals surface area contributed by atoms with Gasteiger partial charge in [-0.15, -0.1) is 0 Å². The van der Waals surface area contributed by atoms with E-state index in [0.717, 1.165) is 22.2 Å². The van der Waals surface area contributed by atoms with Crippen molar-refractivity contribution in [3.63, 3.8) is 0 Å². The number of anilines is 2. The molecule has 0 atom stereocenters. The lowest BCUT2D eigenvalue weighted by Gasteiger charge is -2.13. The zero-order valence-corrected chi connectivity index (χ0v) is 18.3. The fraction of sp³-hybridized carbons (Fsp3) is 0.154. The van der Waals surface area contributed by atoms with Crippen molar-refractivity contribution in [2.45, 2.75) is 6.54 Å². The number of nitrogens with zero attached hydrogens (tertiary/aromatic N) is 1. The molecule has 4 aromatic rings. The van der Waals surface area contributed by atoms with Gasteiger partial charge in [0.15, 0.2) is 0 Å². The molecule has 0 aliphatic carbocycles. The molecule has 4 rings (SSSR count). The van der Waals surface area contributed by atoms with E-state index in [1.165, 1.54) is 7.11 Å². The van der Waals surface area contributed by atoms with Gasteiger partial charge in [-0.3, -0.25) is 10.1 Å². The lowest BCUT2D eigenvalue weighted by Crippen LogP contribution is -2.19. The fourth-order valence-corrected chi connectivity index (χ4v) is 3.62. The maximum absolute atomic E-state index is 13.0. The molecule has 0 spiro atoms. The number of amides is 2. The van der Waals surface area contributed by atoms with Crippen LogP contribution in [0, 0.1) is 0 Å². The molecule has 7 heteroatoms. The summed E-state index contributed by atoms with van der Waals surface area (Å²) in [6.45, 7) is 0.629. The van der Waals surface area contributed by atoms with Gasteiger partial charge in [0.1, 0.15) is 13.2 Å². The van der Waals surface area contributed by atoms with E-state index in [-0.39, 0.29) is 19.1 Å². The second-order valence-electron chi connectivity index (χ2n) is 7.42. The van der Waals surface area contributed by atoms with E-state index in [2.05, 4.69) is 16.7 Å². The van der Waals surface area contributed by atoms with E-state index in [1.54, 1.807) is 24.3 Å². The van der Waals surface area contributed by atoms with Crippen LogP contribution in [0.5, 0.6) is 0 Å². The van der Waals surface area contributed by atoms with E-state index < -0.39 is 6.09 Å². The van der Waals surface area contributed by atoms with Crippen LogP contribution in [0.15, 0.2) is 84.9 Å². The molecular formula is C26H25N3O4. The molecule has 0 saturated carbocycles. The number of rotatable bonds is 8. The van der Waals surface area contributed by atoms with Gasteiger partial charge in [0.25, 0.3) is 0 Å². The Morgan fingerprint density at radius 3 is 2.33 bits per heavy atom. The third-order valence-corrected chi connectivity index (χ3v) is 5.10. The number of aromatic nitrogens is 1. The number of hydrogen-bond donors (Lipinski definition) is 2. The van der Waals surface area contributed by atoms with Gasteiger partial charge in [0, 0.05) is 35.1 Å². The third kappa shape index (κ3) is 5.58. The molecule has 0 unspecified atom stereocenters. The quantitative estimate of drug-likeness (QED) is 0.370. The van der Waals surface area contributed by atoms with E-state index >= 15 is 0 Å². The maximum Gasteiger partial charge on any atom is 0.411 e. The van der Waals surface area contributed by atoms with Crippen LogP contribution in [-0.2, 0) is 20.8 Å². The first-order valence-electron chi connectivity index (χ1n) is 10.6. The standard InChI is InChI=1S/C26H25N3O4/c1-32-14-15-33-26(31)28-22-12-7-11-21(17-22)27-25(30)18-29-23-13-6-5-10-20(23)16-24(29)19-8-3-2-4-9-19/h2-13,16-17H,14-15,18H2,1H3,(H,27,30)(H,28,31). The van der Waals surface area contributed by atoms with Gasteiger partial charge < -0.3 is 19.4 Å². The smallest absolute Gasteiger partial charge is 0.411 e. The zero-order chi connectivity index (χ0) is 23.0. The summed E-state index contributed by atoms with van der Waals surface area (Å²) in [5, 5.41) is 6.63. The van der Waals surface area contributed by atoms with Crippen LogP contribution in [0.3, 0.4) is 0 Å². The third-order valence-electron chi connectivity index (χ3n) is 5.10. The van der Waals surface area contributed by atoms with E-state index in [0.29, 0.717) is 18.0 Å². The highest BCUT2D eigenvalue weighted by molar-refractivity contribution is 5.95. The van der Waals surface area contributed by atoms with Gasteiger partial charge >= 0.3 is 6.09 Å². The molecular weight excluding hydrogens is 418 g/mol. The predicted octanol–water partition coefficient (Wildman–Crippen LogP) is 5.14. The zero-order valence-electron chi connectivity index (χ0n) is 18.3. The van der Waals surface area contributed by atoms with Crippen molar-refractivity contribution in [1.29, 1.82) is 0 Å². The Kier molecular flexibility index (Phi) is 7.02. The SMILES string of the molecule is COCCOC(=O)Nc1cccc(NC(=O)Cn2c(-c3ccccc3)cc3ccccc32)c1. The molecule has 7 nitrogen and oxygen atoms in total. The van der Waals surface area contributed by atoms with Gasteiger partial charge in [-0.25, -0.2) is 4.79 Å². The number of fused-ring (bicyclic) bond motifs is 1. The largest absolute Gasteiger partial charge is 0.447 e. The number of hydrogen-bond acceptors (Lipinski definition) is 4. The monoisotopic (exact) mass is 443 g/mol. The Hall–Kier alpha value is -4.10. The summed E-state index contributed by atoms with van der Waals surface area (Å²) in [6, 6.07) is 27.0. The Bertz CT molecular complexity index is 1250. The van der Waals surface area contributed by atoms with Crippen molar-refractivity contribution in [3.8, 4) is 11.3 Å². The Balaban J connectivity index is 1.49. The molecule has 3 aromatic carbocycles. The highest BCUT2D eigenvalue weighted by Crippen LogP contribution is 2.28. The van der Waals surface area contributed by atoms with E-state index in [9.17, 15) is 9.59 Å². The molecule has 0 fully saturated rings. The molecule has 1 heterocycles. The Labute approximate surface area is 191 Å². The number of carbonyl (C=O) groups is 2. The lowest BCUT2D eigenvalue weighted by molar-refractivity contribution is -0.116. The summed E-state index contributed by atoms with van der Waals surface area (Å²) in [6.07, 6.45) is -0.582. The molecule has 0 bridgehead atoms. The lowest BCUT2D eigenvalue weighted by atomic mass is 10.1. The molecule has 0 saturated heterocycles. The summed E-state index contributed by atoms with van der Waals surface area (Å²) in [4.78, 5) is 24.8. The van der Waals surface area contributed by atoms with Crippen LogP contribution in [0.1, 0.15) is 0 Å². The number of para-hydroxylation sites is 1. The van der Waals surface area contributed by atoms with Crippen molar-refractivity contribution in [3.05, 3.63) is 84.9 Å². The number of methoxy groups -OCH3 is 1. The first kappa shape index (κ1) is 22.1. The summed E-state index contributed by atoms with van der Waals surface area (Å²) in [5.41, 5.74) is 4.10. The topological polar surface area (TPSA) is 81.6 Å². The second-order valence-corrected chi connectivity index (χ2v) is 7.42. The molecule has 168 valence electrons. The van der Waals surface area contributed by atoms with Crippen LogP contribution < -0.4 is 10.6 Å². The van der Waals surface area contributed by atoms with Gasteiger partial charge in [-0.05, 0) is 35.9 Å².